The van der Waals surface area contributed by atoms with Crippen LogP contribution in [0.5, 0.6) is 0 Å². The van der Waals surface area contributed by atoms with Gasteiger partial charge in [0.25, 0.3) is 5.91 Å². The minimum absolute atomic E-state index is 0.140. The maximum absolute atomic E-state index is 11.5. The summed E-state index contributed by atoms with van der Waals surface area (Å²) < 4.78 is 5.72. The second-order valence-corrected chi connectivity index (χ2v) is 4.37. The Kier molecular flexibility index (Phi) is 2.74. The summed E-state index contributed by atoms with van der Waals surface area (Å²) in [7, 11) is 1.83. The molecule has 0 bridgehead atoms. The smallest absolute Gasteiger partial charge is 0.251 e. The van der Waals surface area contributed by atoms with Gasteiger partial charge in [0.05, 0.1) is 6.10 Å². The van der Waals surface area contributed by atoms with Crippen LogP contribution in [0.15, 0.2) is 0 Å². The monoisotopic (exact) mass is 198 g/mol. The predicted octanol–water partition coefficient (Wildman–Crippen LogP) is -0.0290. The van der Waals surface area contributed by atoms with Gasteiger partial charge in [0.1, 0.15) is 6.10 Å². The quantitative estimate of drug-likeness (QED) is 0.693. The first-order chi connectivity index (χ1) is 6.70. The number of amides is 1. The average Bonchev–Trinajstić information content (AvgIpc) is 2.41. The maximum atomic E-state index is 11.5. The fraction of sp³-hybridized carbons (Fsp3) is 0.900. The van der Waals surface area contributed by atoms with E-state index in [0.717, 1.165) is 32.4 Å². The molecule has 0 aromatic heterocycles. The first-order valence-corrected chi connectivity index (χ1v) is 5.31. The molecule has 1 saturated carbocycles. The Morgan fingerprint density at radius 1 is 1.57 bits per heavy atom. The molecule has 1 amide bonds. The van der Waals surface area contributed by atoms with Crippen LogP contribution < -0.4 is 5.73 Å². The molecule has 0 aromatic carbocycles. The Labute approximate surface area is 84.4 Å². The van der Waals surface area contributed by atoms with Gasteiger partial charge in [-0.25, -0.2) is 0 Å². The Morgan fingerprint density at radius 2 is 2.29 bits per heavy atom. The summed E-state index contributed by atoms with van der Waals surface area (Å²) in [6, 6.07) is 0. The van der Waals surface area contributed by atoms with E-state index < -0.39 is 0 Å². The van der Waals surface area contributed by atoms with Gasteiger partial charge >= 0.3 is 0 Å². The molecule has 1 aliphatic heterocycles. The number of nitrogens with two attached hydrogens (primary N) is 1. The van der Waals surface area contributed by atoms with Crippen molar-refractivity contribution in [3.05, 3.63) is 0 Å². The summed E-state index contributed by atoms with van der Waals surface area (Å²) in [6.45, 7) is 1.58. The van der Waals surface area contributed by atoms with Crippen molar-refractivity contribution in [3.63, 3.8) is 0 Å². The molecular formula is C10H18N2O2. The fourth-order valence-electron chi connectivity index (χ4n) is 2.13. The number of likely N-dealkylation sites (N-methyl/N-ethyl adjacent to an activating group) is 1. The van der Waals surface area contributed by atoms with E-state index >= 15 is 0 Å². The third kappa shape index (κ3) is 1.77. The first kappa shape index (κ1) is 9.93. The van der Waals surface area contributed by atoms with E-state index in [1.807, 2.05) is 7.05 Å². The summed E-state index contributed by atoms with van der Waals surface area (Å²) in [5.41, 5.74) is 5.52. The van der Waals surface area contributed by atoms with Crippen molar-refractivity contribution in [1.82, 2.24) is 4.90 Å². The van der Waals surface area contributed by atoms with Gasteiger partial charge in [-0.1, -0.05) is 0 Å². The van der Waals surface area contributed by atoms with E-state index in [0.29, 0.717) is 5.92 Å². The minimum atomic E-state index is -0.177. The molecule has 1 unspecified atom stereocenters. The normalized spacial score (nSPS) is 37.4. The summed E-state index contributed by atoms with van der Waals surface area (Å²) in [5.74, 6) is 0.760. The highest BCUT2D eigenvalue weighted by Crippen LogP contribution is 2.31. The Hall–Kier alpha value is -0.610. The van der Waals surface area contributed by atoms with Gasteiger partial charge in [-0.15, -0.1) is 0 Å². The molecule has 4 heteroatoms. The van der Waals surface area contributed by atoms with E-state index in [2.05, 4.69) is 0 Å². The van der Waals surface area contributed by atoms with Gasteiger partial charge in [-0.05, 0) is 25.3 Å². The Morgan fingerprint density at radius 3 is 2.79 bits per heavy atom. The number of hydrogen-bond acceptors (Lipinski definition) is 3. The summed E-state index contributed by atoms with van der Waals surface area (Å²) in [5, 5.41) is 0. The average molecular weight is 198 g/mol. The van der Waals surface area contributed by atoms with Crippen LogP contribution in [0.1, 0.15) is 19.3 Å². The summed E-state index contributed by atoms with van der Waals surface area (Å²) in [6.07, 6.45) is 3.01. The summed E-state index contributed by atoms with van der Waals surface area (Å²) >= 11 is 0. The molecule has 2 fully saturated rings. The lowest BCUT2D eigenvalue weighted by Crippen LogP contribution is -2.40. The van der Waals surface area contributed by atoms with E-state index in [9.17, 15) is 4.79 Å². The molecule has 0 spiro atoms. The lowest BCUT2D eigenvalue weighted by atomic mass is 9.82. The van der Waals surface area contributed by atoms with E-state index in [1.165, 1.54) is 0 Å². The van der Waals surface area contributed by atoms with Crippen LogP contribution >= 0.6 is 0 Å². The summed E-state index contributed by atoms with van der Waals surface area (Å²) in [4.78, 5) is 13.2. The maximum Gasteiger partial charge on any atom is 0.251 e. The van der Waals surface area contributed by atoms with Gasteiger partial charge in [-0.3, -0.25) is 4.79 Å². The highest BCUT2D eigenvalue weighted by Gasteiger charge is 2.36. The molecule has 4 nitrogen and oxygen atoms in total. The van der Waals surface area contributed by atoms with Crippen LogP contribution in [0, 0.1) is 5.92 Å². The number of rotatable bonds is 3. The topological polar surface area (TPSA) is 55.6 Å². The van der Waals surface area contributed by atoms with Gasteiger partial charge in [0.15, 0.2) is 0 Å². The van der Waals surface area contributed by atoms with Gasteiger partial charge < -0.3 is 15.4 Å². The Bertz CT molecular complexity index is 226. The molecule has 0 aromatic rings. The lowest BCUT2D eigenvalue weighted by Gasteiger charge is -2.35. The van der Waals surface area contributed by atoms with E-state index in [4.69, 9.17) is 10.5 Å². The van der Waals surface area contributed by atoms with Crippen molar-refractivity contribution in [3.8, 4) is 0 Å². The molecule has 0 radical (unpaired) electrons. The third-order valence-corrected chi connectivity index (χ3v) is 3.26. The molecule has 80 valence electrons. The second-order valence-electron chi connectivity index (χ2n) is 4.37. The van der Waals surface area contributed by atoms with Gasteiger partial charge in [0.2, 0.25) is 0 Å². The largest absolute Gasteiger partial charge is 0.365 e. The van der Waals surface area contributed by atoms with Crippen molar-refractivity contribution < 1.29 is 9.53 Å². The van der Waals surface area contributed by atoms with E-state index in [1.54, 1.807) is 4.90 Å². The number of nitrogens with zero attached hydrogens (tertiary/aromatic N) is 1. The van der Waals surface area contributed by atoms with Crippen molar-refractivity contribution in [2.45, 2.75) is 31.5 Å². The molecule has 2 N–H and O–H groups in total. The lowest BCUT2D eigenvalue weighted by molar-refractivity contribution is -0.144. The molecule has 2 rings (SSSR count). The van der Waals surface area contributed by atoms with Gasteiger partial charge in [-0.2, -0.15) is 0 Å². The SMILES string of the molecule is CN1CCC(OC2CC(CN)C2)C1=O. The molecule has 1 saturated heterocycles. The Balaban J connectivity index is 1.74. The van der Waals surface area contributed by atoms with Gasteiger partial charge in [0, 0.05) is 20.0 Å². The zero-order valence-electron chi connectivity index (χ0n) is 8.61. The number of carbonyl (C=O) groups is 1. The highest BCUT2D eigenvalue weighted by atomic mass is 16.5. The van der Waals surface area contributed by atoms with Crippen LogP contribution in [0.3, 0.4) is 0 Å². The van der Waals surface area contributed by atoms with Crippen molar-refractivity contribution in [1.29, 1.82) is 0 Å². The first-order valence-electron chi connectivity index (χ1n) is 5.31. The molecule has 2 aliphatic rings. The van der Waals surface area contributed by atoms with Crippen molar-refractivity contribution in [2.75, 3.05) is 20.1 Å². The molecule has 1 heterocycles. The molecule has 1 atom stereocenters. The number of hydrogen-bond donors (Lipinski definition) is 1. The zero-order valence-corrected chi connectivity index (χ0v) is 8.61. The third-order valence-electron chi connectivity index (χ3n) is 3.26. The fourth-order valence-corrected chi connectivity index (χ4v) is 2.13. The zero-order chi connectivity index (χ0) is 10.1. The second kappa shape index (κ2) is 3.87. The number of carbonyl (C=O) groups excluding carboxylic acids is 1. The van der Waals surface area contributed by atoms with Crippen LogP contribution in [0.25, 0.3) is 0 Å². The van der Waals surface area contributed by atoms with Crippen molar-refractivity contribution >= 4 is 5.91 Å². The number of ether oxygens (including phenoxy) is 1. The molecule has 1 aliphatic carbocycles. The number of likely N-dealkylation sites (tertiary alicyclic amines) is 1. The van der Waals surface area contributed by atoms with Crippen LogP contribution in [0.4, 0.5) is 0 Å². The molecule has 14 heavy (non-hydrogen) atoms. The molecular weight excluding hydrogens is 180 g/mol. The highest BCUT2D eigenvalue weighted by molar-refractivity contribution is 5.82. The van der Waals surface area contributed by atoms with Crippen LogP contribution in [0.2, 0.25) is 0 Å². The minimum Gasteiger partial charge on any atom is -0.365 e. The standard InChI is InChI=1S/C10H18N2O2/c1-12-3-2-9(10(12)13)14-8-4-7(5-8)6-11/h7-9H,2-6,11H2,1H3. The van der Waals surface area contributed by atoms with E-state index in [-0.39, 0.29) is 18.1 Å². The van der Waals surface area contributed by atoms with Crippen molar-refractivity contribution in [2.24, 2.45) is 11.7 Å². The van der Waals surface area contributed by atoms with Crippen LogP contribution in [-0.4, -0.2) is 43.2 Å². The predicted molar refractivity (Wildman–Crippen MR) is 52.7 cm³/mol. The van der Waals surface area contributed by atoms with Crippen LogP contribution in [-0.2, 0) is 9.53 Å².